The summed E-state index contributed by atoms with van der Waals surface area (Å²) < 4.78 is 29.2. The van der Waals surface area contributed by atoms with Crippen molar-refractivity contribution in [3.8, 4) is 45.3 Å². The van der Waals surface area contributed by atoms with E-state index in [1.54, 1.807) is 21.3 Å². The van der Waals surface area contributed by atoms with Crippen LogP contribution in [0.2, 0.25) is 0 Å². The van der Waals surface area contributed by atoms with E-state index in [2.05, 4.69) is 6.07 Å². The molecule has 7 rings (SSSR count). The van der Waals surface area contributed by atoms with E-state index in [0.29, 0.717) is 22.6 Å². The lowest BCUT2D eigenvalue weighted by atomic mass is 9.81. The molecule has 0 aromatic heterocycles. The Balaban J connectivity index is 1.57. The van der Waals surface area contributed by atoms with Gasteiger partial charge in [-0.2, -0.15) is 0 Å². The fourth-order valence-electron chi connectivity index (χ4n) is 6.25. The minimum atomic E-state index is -1.02. The molecule has 0 radical (unpaired) electrons. The minimum Gasteiger partial charge on any atom is -0.497 e. The van der Waals surface area contributed by atoms with Gasteiger partial charge < -0.3 is 23.7 Å². The van der Waals surface area contributed by atoms with Crippen molar-refractivity contribution in [1.29, 1.82) is 0 Å². The maximum atomic E-state index is 13.5. The first-order valence-electron chi connectivity index (χ1n) is 13.6. The number of fused-ring (bicyclic) bond motifs is 5. The third kappa shape index (κ3) is 3.61. The maximum Gasteiger partial charge on any atom is 0.339 e. The Bertz CT molecular complexity index is 1850. The molecule has 0 N–H and O–H groups in total. The smallest absolute Gasteiger partial charge is 0.339 e. The lowest BCUT2D eigenvalue weighted by Crippen LogP contribution is -2.34. The number of rotatable bonds is 6. The quantitative estimate of drug-likeness (QED) is 0.196. The monoisotopic (exact) mass is 556 g/mol. The lowest BCUT2D eigenvalue weighted by molar-refractivity contribution is 0.0600. The van der Waals surface area contributed by atoms with E-state index in [-0.39, 0.29) is 0 Å². The maximum absolute atomic E-state index is 13.5. The van der Waals surface area contributed by atoms with E-state index >= 15 is 0 Å². The highest BCUT2D eigenvalue weighted by molar-refractivity contribution is 6.24. The van der Waals surface area contributed by atoms with Crippen molar-refractivity contribution in [2.75, 3.05) is 28.4 Å². The van der Waals surface area contributed by atoms with Crippen LogP contribution in [0.3, 0.4) is 0 Å². The van der Waals surface area contributed by atoms with Crippen LogP contribution in [0.5, 0.6) is 23.0 Å². The third-order valence-corrected chi connectivity index (χ3v) is 8.27. The van der Waals surface area contributed by atoms with E-state index in [4.69, 9.17) is 23.7 Å². The Morgan fingerprint density at radius 2 is 1.29 bits per heavy atom. The number of hydrogen-bond acceptors (Lipinski definition) is 6. The molecule has 0 atom stereocenters. The summed E-state index contributed by atoms with van der Waals surface area (Å²) in [6.07, 6.45) is 3.99. The van der Waals surface area contributed by atoms with Crippen molar-refractivity contribution >= 4 is 22.8 Å². The Hall–Kier alpha value is -5.23. The molecule has 0 amide bonds. The summed E-state index contributed by atoms with van der Waals surface area (Å²) in [5.74, 6) is 2.34. The molecule has 0 spiro atoms. The van der Waals surface area contributed by atoms with Gasteiger partial charge in [-0.3, -0.25) is 0 Å². The van der Waals surface area contributed by atoms with Crippen LogP contribution in [0.1, 0.15) is 27.0 Å². The highest BCUT2D eigenvalue weighted by Crippen LogP contribution is 2.56. The molecule has 1 aliphatic heterocycles. The van der Waals surface area contributed by atoms with Crippen molar-refractivity contribution in [3.05, 3.63) is 113 Å². The Morgan fingerprint density at radius 3 is 1.86 bits per heavy atom. The van der Waals surface area contributed by atoms with E-state index < -0.39 is 11.6 Å². The topological polar surface area (TPSA) is 63.2 Å². The molecule has 6 nitrogen and oxygen atoms in total. The van der Waals surface area contributed by atoms with Crippen LogP contribution in [-0.4, -0.2) is 34.4 Å². The van der Waals surface area contributed by atoms with Crippen LogP contribution in [0.15, 0.2) is 91.0 Å². The van der Waals surface area contributed by atoms with Crippen molar-refractivity contribution in [1.82, 2.24) is 0 Å². The molecule has 0 bridgehead atoms. The summed E-state index contributed by atoms with van der Waals surface area (Å²) in [4.78, 5) is 13.5. The Morgan fingerprint density at radius 1 is 0.690 bits per heavy atom. The number of carbonyl (C=O) groups is 1. The van der Waals surface area contributed by atoms with Crippen molar-refractivity contribution in [2.45, 2.75) is 5.60 Å². The fraction of sp³-hybridized carbons (Fsp3) is 0.139. The molecule has 0 saturated heterocycles. The predicted molar refractivity (Wildman–Crippen MR) is 163 cm³/mol. The number of ether oxygens (including phenoxy) is 5. The van der Waals surface area contributed by atoms with Gasteiger partial charge >= 0.3 is 5.97 Å². The molecule has 1 aliphatic carbocycles. The van der Waals surface area contributed by atoms with Gasteiger partial charge in [-0.05, 0) is 65.2 Å². The summed E-state index contributed by atoms with van der Waals surface area (Å²) in [6, 6.07) is 27.8. The van der Waals surface area contributed by atoms with Gasteiger partial charge in [-0.1, -0.05) is 48.5 Å². The average molecular weight is 557 g/mol. The number of methoxy groups -OCH3 is 4. The van der Waals surface area contributed by atoms with Crippen LogP contribution < -0.4 is 18.9 Å². The first-order chi connectivity index (χ1) is 20.5. The van der Waals surface area contributed by atoms with Crippen LogP contribution in [0.25, 0.3) is 39.1 Å². The zero-order valence-corrected chi connectivity index (χ0v) is 23.7. The number of carbonyl (C=O) groups excluding carboxylic acids is 1. The summed E-state index contributed by atoms with van der Waals surface area (Å²) in [5.41, 5.74) is 5.76. The molecule has 2 aliphatic rings. The molecule has 5 aromatic rings. The minimum absolute atomic E-state index is 0.420. The summed E-state index contributed by atoms with van der Waals surface area (Å²) in [6.45, 7) is 0. The van der Waals surface area contributed by atoms with Gasteiger partial charge in [-0.25, -0.2) is 4.79 Å². The molecule has 208 valence electrons. The molecule has 1 heterocycles. The second-order valence-corrected chi connectivity index (χ2v) is 10.3. The molecule has 0 saturated carbocycles. The largest absolute Gasteiger partial charge is 0.497 e. The van der Waals surface area contributed by atoms with Gasteiger partial charge in [0, 0.05) is 33.0 Å². The van der Waals surface area contributed by atoms with E-state index in [1.165, 1.54) is 7.11 Å². The Labute approximate surface area is 243 Å². The van der Waals surface area contributed by atoms with Crippen molar-refractivity contribution in [2.24, 2.45) is 0 Å². The average Bonchev–Trinajstić information content (AvgIpc) is 3.39. The highest BCUT2D eigenvalue weighted by Gasteiger charge is 2.41. The van der Waals surface area contributed by atoms with Crippen molar-refractivity contribution in [3.63, 3.8) is 0 Å². The van der Waals surface area contributed by atoms with Crippen LogP contribution >= 0.6 is 0 Å². The lowest BCUT2D eigenvalue weighted by Gasteiger charge is -2.37. The first kappa shape index (κ1) is 25.7. The second-order valence-electron chi connectivity index (χ2n) is 10.3. The van der Waals surface area contributed by atoms with E-state index in [0.717, 1.165) is 55.7 Å². The SMILES string of the molecule is COC(=O)c1c2c(c3cc(OC)cc4c3c1-c1ccccc1-4)OC(c1ccc(OC)cc1)(c1ccc(OC)cc1)C=C2. The third-order valence-electron chi connectivity index (χ3n) is 8.27. The fourth-order valence-corrected chi connectivity index (χ4v) is 6.25. The molecule has 5 aromatic carbocycles. The number of esters is 1. The number of benzene rings is 5. The summed E-state index contributed by atoms with van der Waals surface area (Å²) >= 11 is 0. The van der Waals surface area contributed by atoms with Gasteiger partial charge in [0.05, 0.1) is 34.0 Å². The van der Waals surface area contributed by atoms with Crippen molar-refractivity contribution < 1.29 is 28.5 Å². The zero-order chi connectivity index (χ0) is 29.0. The number of hydrogen-bond donors (Lipinski definition) is 0. The summed E-state index contributed by atoms with van der Waals surface area (Å²) in [5, 5.41) is 1.79. The highest BCUT2D eigenvalue weighted by atomic mass is 16.5. The van der Waals surface area contributed by atoms with E-state index in [1.807, 2.05) is 91.0 Å². The van der Waals surface area contributed by atoms with Crippen LogP contribution in [-0.2, 0) is 10.3 Å². The molecule has 6 heteroatoms. The summed E-state index contributed by atoms with van der Waals surface area (Å²) in [7, 11) is 6.35. The molecule has 0 fully saturated rings. The van der Waals surface area contributed by atoms with Gasteiger partial charge in [0.2, 0.25) is 0 Å². The normalized spacial score (nSPS) is 13.6. The first-order valence-corrected chi connectivity index (χ1v) is 13.6. The molecular weight excluding hydrogens is 528 g/mol. The zero-order valence-electron chi connectivity index (χ0n) is 23.7. The van der Waals surface area contributed by atoms with Gasteiger partial charge in [-0.15, -0.1) is 0 Å². The van der Waals surface area contributed by atoms with Gasteiger partial charge in [0.15, 0.2) is 5.60 Å². The predicted octanol–water partition coefficient (Wildman–Crippen LogP) is 7.65. The van der Waals surface area contributed by atoms with Gasteiger partial charge in [0.1, 0.15) is 23.0 Å². The molecule has 42 heavy (non-hydrogen) atoms. The second kappa shape index (κ2) is 9.70. The molecular formula is C36H28O6. The van der Waals surface area contributed by atoms with Crippen LogP contribution in [0, 0.1) is 0 Å². The standard InChI is InChI=1S/C36H28O6/c1-38-23-13-9-21(10-14-23)36(22-11-15-24(39-2)16-12-22)18-17-28-33(35(37)41-4)32-27-8-6-5-7-26(27)29-19-25(40-3)20-30(31(29)32)34(28)42-36/h5-20H,1-4H3. The Kier molecular flexibility index (Phi) is 5.94. The van der Waals surface area contributed by atoms with E-state index in [9.17, 15) is 4.79 Å². The molecule has 0 unspecified atom stereocenters. The van der Waals surface area contributed by atoms with Gasteiger partial charge in [0.25, 0.3) is 0 Å². The van der Waals surface area contributed by atoms with Crippen LogP contribution in [0.4, 0.5) is 0 Å².